The Morgan fingerprint density at radius 3 is 2.60 bits per heavy atom. The van der Waals surface area contributed by atoms with Gasteiger partial charge in [-0.3, -0.25) is 14.2 Å². The minimum atomic E-state index is -0.774. The highest BCUT2D eigenvalue weighted by atomic mass is 32.1. The standard InChI is InChI=1S/C17H15F2N3O2S/c1-9-10(2)25-16-15(9)17(24)22(8-20-16)4-3-14(23)21-13-6-11(18)5-12(19)7-13/h5-8H,3-4H2,1-2H3,(H,21,23). The van der Waals surface area contributed by atoms with Crippen LogP contribution in [-0.4, -0.2) is 15.5 Å². The van der Waals surface area contributed by atoms with Crippen LogP contribution in [-0.2, 0) is 11.3 Å². The second-order valence-electron chi connectivity index (χ2n) is 5.66. The summed E-state index contributed by atoms with van der Waals surface area (Å²) < 4.78 is 27.6. The number of rotatable bonds is 4. The fraction of sp³-hybridized carbons (Fsp3) is 0.235. The number of amides is 1. The summed E-state index contributed by atoms with van der Waals surface area (Å²) in [5.74, 6) is -2.00. The van der Waals surface area contributed by atoms with E-state index in [2.05, 4.69) is 10.3 Å². The number of aromatic nitrogens is 2. The molecule has 0 spiro atoms. The first kappa shape index (κ1) is 17.2. The van der Waals surface area contributed by atoms with E-state index < -0.39 is 17.5 Å². The molecule has 3 rings (SSSR count). The molecule has 3 aromatic rings. The number of carbonyl (C=O) groups excluding carboxylic acids is 1. The van der Waals surface area contributed by atoms with E-state index in [1.165, 1.54) is 22.2 Å². The molecule has 0 aliphatic carbocycles. The van der Waals surface area contributed by atoms with Gasteiger partial charge in [0.25, 0.3) is 5.56 Å². The Morgan fingerprint density at radius 1 is 1.24 bits per heavy atom. The van der Waals surface area contributed by atoms with Crippen LogP contribution in [0.15, 0.2) is 29.3 Å². The molecule has 0 aliphatic rings. The lowest BCUT2D eigenvalue weighted by atomic mass is 10.2. The zero-order chi connectivity index (χ0) is 18.1. The summed E-state index contributed by atoms with van der Waals surface area (Å²) in [5.41, 5.74) is 0.732. The maximum atomic E-state index is 13.1. The number of hydrogen-bond donors (Lipinski definition) is 1. The molecule has 1 amide bonds. The summed E-state index contributed by atoms with van der Waals surface area (Å²) in [4.78, 5) is 30.5. The van der Waals surface area contributed by atoms with Crippen LogP contribution in [0.5, 0.6) is 0 Å². The fourth-order valence-corrected chi connectivity index (χ4v) is 3.49. The number of aryl methyl sites for hydroxylation is 3. The lowest BCUT2D eigenvalue weighted by molar-refractivity contribution is -0.116. The number of thiophene rings is 1. The van der Waals surface area contributed by atoms with Crippen molar-refractivity contribution in [2.24, 2.45) is 0 Å². The third-order valence-corrected chi connectivity index (χ3v) is 5.00. The number of hydrogen-bond acceptors (Lipinski definition) is 4. The molecule has 1 N–H and O–H groups in total. The Morgan fingerprint density at radius 2 is 1.92 bits per heavy atom. The first-order chi connectivity index (χ1) is 11.8. The zero-order valence-corrected chi connectivity index (χ0v) is 14.4. The summed E-state index contributed by atoms with van der Waals surface area (Å²) in [6.07, 6.45) is 1.39. The molecule has 0 radical (unpaired) electrons. The van der Waals surface area contributed by atoms with Gasteiger partial charge < -0.3 is 5.32 Å². The van der Waals surface area contributed by atoms with E-state index in [0.717, 1.165) is 28.6 Å². The van der Waals surface area contributed by atoms with E-state index in [1.54, 1.807) is 0 Å². The summed E-state index contributed by atoms with van der Waals surface area (Å²) >= 11 is 1.46. The van der Waals surface area contributed by atoms with Crippen molar-refractivity contribution in [2.45, 2.75) is 26.8 Å². The molecule has 0 aliphatic heterocycles. The van der Waals surface area contributed by atoms with Crippen molar-refractivity contribution < 1.29 is 13.6 Å². The lowest BCUT2D eigenvalue weighted by Gasteiger charge is -2.07. The van der Waals surface area contributed by atoms with E-state index in [1.807, 2.05) is 13.8 Å². The van der Waals surface area contributed by atoms with Crippen molar-refractivity contribution in [3.63, 3.8) is 0 Å². The molecule has 2 aromatic heterocycles. The van der Waals surface area contributed by atoms with Gasteiger partial charge in [-0.2, -0.15) is 0 Å². The normalized spacial score (nSPS) is 11.0. The van der Waals surface area contributed by atoms with Crippen LogP contribution in [0.1, 0.15) is 16.9 Å². The Labute approximate surface area is 145 Å². The van der Waals surface area contributed by atoms with Gasteiger partial charge in [0, 0.05) is 29.6 Å². The number of anilines is 1. The van der Waals surface area contributed by atoms with Crippen LogP contribution in [0, 0.1) is 25.5 Å². The molecule has 0 saturated heterocycles. The summed E-state index contributed by atoms with van der Waals surface area (Å²) in [5, 5.41) is 2.98. The quantitative estimate of drug-likeness (QED) is 0.773. The summed E-state index contributed by atoms with van der Waals surface area (Å²) in [6, 6.07) is 2.78. The van der Waals surface area contributed by atoms with E-state index in [-0.39, 0.29) is 24.2 Å². The number of nitrogens with one attached hydrogen (secondary N) is 1. The molecule has 8 heteroatoms. The summed E-state index contributed by atoms with van der Waals surface area (Å²) in [7, 11) is 0. The van der Waals surface area contributed by atoms with Crippen LogP contribution in [0.3, 0.4) is 0 Å². The van der Waals surface area contributed by atoms with Crippen LogP contribution in [0.2, 0.25) is 0 Å². The van der Waals surface area contributed by atoms with Gasteiger partial charge in [-0.1, -0.05) is 0 Å². The number of fused-ring (bicyclic) bond motifs is 1. The molecule has 130 valence electrons. The maximum absolute atomic E-state index is 13.1. The number of benzene rings is 1. The molecular weight excluding hydrogens is 348 g/mol. The number of halogens is 2. The van der Waals surface area contributed by atoms with Gasteiger partial charge in [0.2, 0.25) is 5.91 Å². The van der Waals surface area contributed by atoms with E-state index in [9.17, 15) is 18.4 Å². The Bertz CT molecular complexity index is 1010. The highest BCUT2D eigenvalue weighted by Crippen LogP contribution is 2.25. The van der Waals surface area contributed by atoms with Crippen LogP contribution < -0.4 is 10.9 Å². The Kier molecular flexibility index (Phi) is 4.63. The van der Waals surface area contributed by atoms with Gasteiger partial charge >= 0.3 is 0 Å². The van der Waals surface area contributed by atoms with Crippen molar-refractivity contribution in [2.75, 3.05) is 5.32 Å². The van der Waals surface area contributed by atoms with Gasteiger partial charge in [-0.15, -0.1) is 11.3 Å². The molecule has 0 bridgehead atoms. The Balaban J connectivity index is 1.74. The average molecular weight is 363 g/mol. The molecule has 0 fully saturated rings. The SMILES string of the molecule is Cc1sc2ncn(CCC(=O)Nc3cc(F)cc(F)c3)c(=O)c2c1C. The number of nitrogens with zero attached hydrogens (tertiary/aromatic N) is 2. The van der Waals surface area contributed by atoms with Gasteiger partial charge in [-0.05, 0) is 31.5 Å². The fourth-order valence-electron chi connectivity index (χ4n) is 2.50. The molecule has 0 atom stereocenters. The molecular formula is C17H15F2N3O2S. The third kappa shape index (κ3) is 3.58. The van der Waals surface area contributed by atoms with Crippen molar-refractivity contribution in [3.8, 4) is 0 Å². The van der Waals surface area contributed by atoms with Gasteiger partial charge in [0.05, 0.1) is 11.7 Å². The monoisotopic (exact) mass is 363 g/mol. The first-order valence-electron chi connectivity index (χ1n) is 7.56. The minimum absolute atomic E-state index is 0.0204. The molecule has 2 heterocycles. The second kappa shape index (κ2) is 6.72. The zero-order valence-electron chi connectivity index (χ0n) is 13.6. The third-order valence-electron chi connectivity index (χ3n) is 3.88. The maximum Gasteiger partial charge on any atom is 0.262 e. The molecule has 5 nitrogen and oxygen atoms in total. The molecule has 25 heavy (non-hydrogen) atoms. The smallest absolute Gasteiger partial charge is 0.262 e. The van der Waals surface area contributed by atoms with E-state index in [4.69, 9.17) is 0 Å². The van der Waals surface area contributed by atoms with Crippen molar-refractivity contribution in [1.82, 2.24) is 9.55 Å². The average Bonchev–Trinajstić information content (AvgIpc) is 2.81. The Hall–Kier alpha value is -2.61. The van der Waals surface area contributed by atoms with Crippen LogP contribution in [0.4, 0.5) is 14.5 Å². The molecule has 0 unspecified atom stereocenters. The second-order valence-corrected chi connectivity index (χ2v) is 6.87. The lowest BCUT2D eigenvalue weighted by Crippen LogP contribution is -2.23. The number of carbonyl (C=O) groups is 1. The van der Waals surface area contributed by atoms with Crippen molar-refractivity contribution >= 4 is 33.1 Å². The highest BCUT2D eigenvalue weighted by molar-refractivity contribution is 7.18. The predicted octanol–water partition coefficient (Wildman–Crippen LogP) is 3.38. The predicted molar refractivity (Wildman–Crippen MR) is 93.0 cm³/mol. The molecule has 0 saturated carbocycles. The minimum Gasteiger partial charge on any atom is -0.326 e. The highest BCUT2D eigenvalue weighted by Gasteiger charge is 2.13. The van der Waals surface area contributed by atoms with Crippen molar-refractivity contribution in [1.29, 1.82) is 0 Å². The van der Waals surface area contributed by atoms with Gasteiger partial charge in [0.15, 0.2) is 0 Å². The molecule has 1 aromatic carbocycles. The summed E-state index contributed by atoms with van der Waals surface area (Å²) in [6.45, 7) is 3.92. The van der Waals surface area contributed by atoms with E-state index >= 15 is 0 Å². The largest absolute Gasteiger partial charge is 0.326 e. The van der Waals surface area contributed by atoms with Crippen molar-refractivity contribution in [3.05, 3.63) is 57.0 Å². The van der Waals surface area contributed by atoms with Crippen LogP contribution >= 0.6 is 11.3 Å². The first-order valence-corrected chi connectivity index (χ1v) is 8.38. The van der Waals surface area contributed by atoms with Gasteiger partial charge in [0.1, 0.15) is 16.5 Å². The van der Waals surface area contributed by atoms with Gasteiger partial charge in [-0.25, -0.2) is 13.8 Å². The van der Waals surface area contributed by atoms with E-state index in [0.29, 0.717) is 10.2 Å². The van der Waals surface area contributed by atoms with Crippen LogP contribution in [0.25, 0.3) is 10.2 Å². The topological polar surface area (TPSA) is 64.0 Å².